The molecule has 2 nitrogen and oxygen atoms in total. The quantitative estimate of drug-likeness (QED) is 0.590. The fourth-order valence-corrected chi connectivity index (χ4v) is 1.27. The first kappa shape index (κ1) is 8.37. The van der Waals surface area contributed by atoms with Crippen molar-refractivity contribution in [1.29, 1.82) is 0 Å². The van der Waals surface area contributed by atoms with Crippen molar-refractivity contribution in [2.24, 2.45) is 0 Å². The summed E-state index contributed by atoms with van der Waals surface area (Å²) in [7, 11) is 0. The van der Waals surface area contributed by atoms with Crippen LogP contribution in [0.25, 0.3) is 0 Å². The van der Waals surface area contributed by atoms with Crippen molar-refractivity contribution >= 4 is 11.8 Å². The molecule has 0 saturated carbocycles. The summed E-state index contributed by atoms with van der Waals surface area (Å²) in [5, 5.41) is 0. The lowest BCUT2D eigenvalue weighted by Crippen LogP contribution is -2.21. The van der Waals surface area contributed by atoms with Crippen LogP contribution in [0.1, 0.15) is 19.3 Å². The molecule has 10 heavy (non-hydrogen) atoms. The van der Waals surface area contributed by atoms with Gasteiger partial charge in [-0.15, -0.1) is 11.8 Å². The van der Waals surface area contributed by atoms with Crippen molar-refractivity contribution in [2.75, 3.05) is 18.8 Å². The molecule has 0 aromatic carbocycles. The van der Waals surface area contributed by atoms with Gasteiger partial charge in [0.15, 0.2) is 6.29 Å². The first-order valence-corrected chi connectivity index (χ1v) is 5.05. The SMILES string of the molecule is CSCOC1CCCCO1. The summed E-state index contributed by atoms with van der Waals surface area (Å²) in [5.41, 5.74) is 0. The third kappa shape index (κ3) is 2.90. The molecule has 1 unspecified atom stereocenters. The predicted molar refractivity (Wildman–Crippen MR) is 43.1 cm³/mol. The maximum Gasteiger partial charge on any atom is 0.158 e. The summed E-state index contributed by atoms with van der Waals surface area (Å²) < 4.78 is 10.7. The second-order valence-corrected chi connectivity index (χ2v) is 3.18. The Balaban J connectivity index is 2.02. The van der Waals surface area contributed by atoms with E-state index in [1.165, 1.54) is 12.8 Å². The van der Waals surface area contributed by atoms with Gasteiger partial charge in [-0.1, -0.05) is 0 Å². The Hall–Kier alpha value is 0.270. The van der Waals surface area contributed by atoms with Gasteiger partial charge in [0.2, 0.25) is 0 Å². The van der Waals surface area contributed by atoms with Crippen LogP contribution in [0.3, 0.4) is 0 Å². The summed E-state index contributed by atoms with van der Waals surface area (Å²) in [5.74, 6) is 0.755. The standard InChI is InChI=1S/C7H14O2S/c1-10-6-9-7-4-2-3-5-8-7/h7H,2-6H2,1H3. The molecule has 0 spiro atoms. The smallest absolute Gasteiger partial charge is 0.158 e. The average molecular weight is 162 g/mol. The Labute approximate surface area is 66.3 Å². The molecule has 0 bridgehead atoms. The van der Waals surface area contributed by atoms with E-state index in [0.29, 0.717) is 0 Å². The maximum atomic E-state index is 5.37. The van der Waals surface area contributed by atoms with Gasteiger partial charge >= 0.3 is 0 Å². The number of rotatable bonds is 3. The molecule has 1 heterocycles. The Kier molecular flexibility index (Phi) is 4.18. The van der Waals surface area contributed by atoms with E-state index in [0.717, 1.165) is 19.0 Å². The number of hydrogen-bond donors (Lipinski definition) is 0. The summed E-state index contributed by atoms with van der Waals surface area (Å²) in [6, 6.07) is 0. The Bertz CT molecular complexity index is 81.7. The summed E-state index contributed by atoms with van der Waals surface area (Å²) in [4.78, 5) is 0. The fourth-order valence-electron chi connectivity index (χ4n) is 0.987. The minimum absolute atomic E-state index is 0.0844. The fraction of sp³-hybridized carbons (Fsp3) is 1.00. The summed E-state index contributed by atoms with van der Waals surface area (Å²) >= 11 is 1.69. The van der Waals surface area contributed by atoms with Crippen LogP contribution in [-0.4, -0.2) is 25.1 Å². The van der Waals surface area contributed by atoms with E-state index in [2.05, 4.69) is 0 Å². The highest BCUT2D eigenvalue weighted by atomic mass is 32.2. The van der Waals surface area contributed by atoms with Crippen molar-refractivity contribution in [2.45, 2.75) is 25.6 Å². The van der Waals surface area contributed by atoms with Crippen LogP contribution in [0, 0.1) is 0 Å². The van der Waals surface area contributed by atoms with Crippen molar-refractivity contribution in [3.63, 3.8) is 0 Å². The first-order valence-electron chi connectivity index (χ1n) is 3.65. The van der Waals surface area contributed by atoms with Crippen molar-refractivity contribution in [1.82, 2.24) is 0 Å². The largest absolute Gasteiger partial charge is 0.353 e. The van der Waals surface area contributed by atoms with Crippen molar-refractivity contribution in [3.8, 4) is 0 Å². The van der Waals surface area contributed by atoms with Gasteiger partial charge in [0.05, 0.1) is 5.94 Å². The molecule has 0 N–H and O–H groups in total. The molecule has 1 rings (SSSR count). The third-order valence-electron chi connectivity index (χ3n) is 1.51. The zero-order chi connectivity index (χ0) is 7.23. The molecule has 1 saturated heterocycles. The van der Waals surface area contributed by atoms with Gasteiger partial charge in [-0.25, -0.2) is 0 Å². The van der Waals surface area contributed by atoms with Gasteiger partial charge < -0.3 is 9.47 Å². The van der Waals surface area contributed by atoms with Crippen LogP contribution in [0.2, 0.25) is 0 Å². The molecule has 1 aliphatic heterocycles. The molecular formula is C7H14O2S. The molecule has 1 fully saturated rings. The first-order chi connectivity index (χ1) is 4.93. The lowest BCUT2D eigenvalue weighted by atomic mass is 10.2. The van der Waals surface area contributed by atoms with Gasteiger partial charge in [0.1, 0.15) is 0 Å². The Morgan fingerprint density at radius 2 is 2.50 bits per heavy atom. The van der Waals surface area contributed by atoms with Gasteiger partial charge in [-0.2, -0.15) is 0 Å². The topological polar surface area (TPSA) is 18.5 Å². The molecule has 1 atom stereocenters. The number of ether oxygens (including phenoxy) is 2. The highest BCUT2D eigenvalue weighted by molar-refractivity contribution is 7.98. The van der Waals surface area contributed by atoms with Crippen molar-refractivity contribution in [3.05, 3.63) is 0 Å². The zero-order valence-electron chi connectivity index (χ0n) is 6.34. The molecule has 0 aliphatic carbocycles. The van der Waals surface area contributed by atoms with Crippen molar-refractivity contribution < 1.29 is 9.47 Å². The van der Waals surface area contributed by atoms with Gasteiger partial charge in [0, 0.05) is 6.61 Å². The van der Waals surface area contributed by atoms with E-state index in [1.807, 2.05) is 6.26 Å². The molecule has 1 aliphatic rings. The molecule has 60 valence electrons. The zero-order valence-corrected chi connectivity index (χ0v) is 7.15. The highest BCUT2D eigenvalue weighted by Crippen LogP contribution is 2.14. The third-order valence-corrected chi connectivity index (χ3v) is 1.88. The van der Waals surface area contributed by atoms with Crippen LogP contribution in [0.15, 0.2) is 0 Å². The van der Waals surface area contributed by atoms with Crippen LogP contribution >= 0.6 is 11.8 Å². The monoisotopic (exact) mass is 162 g/mol. The minimum Gasteiger partial charge on any atom is -0.353 e. The second-order valence-electron chi connectivity index (χ2n) is 2.37. The van der Waals surface area contributed by atoms with E-state index in [-0.39, 0.29) is 6.29 Å². The second kappa shape index (κ2) is 4.99. The predicted octanol–water partition coefficient (Wildman–Crippen LogP) is 1.85. The van der Waals surface area contributed by atoms with Crippen LogP contribution in [0.4, 0.5) is 0 Å². The molecule has 0 amide bonds. The van der Waals surface area contributed by atoms with Gasteiger partial charge in [0.25, 0.3) is 0 Å². The number of thioether (sulfide) groups is 1. The Morgan fingerprint density at radius 1 is 1.60 bits per heavy atom. The number of hydrogen-bond acceptors (Lipinski definition) is 3. The lowest BCUT2D eigenvalue weighted by Gasteiger charge is -2.21. The van der Waals surface area contributed by atoms with Crippen LogP contribution < -0.4 is 0 Å². The maximum absolute atomic E-state index is 5.37. The normalized spacial score (nSPS) is 26.7. The van der Waals surface area contributed by atoms with E-state index in [9.17, 15) is 0 Å². The van der Waals surface area contributed by atoms with E-state index in [4.69, 9.17) is 9.47 Å². The molecule has 3 heteroatoms. The summed E-state index contributed by atoms with van der Waals surface area (Å²) in [6.45, 7) is 0.874. The summed E-state index contributed by atoms with van der Waals surface area (Å²) in [6.07, 6.45) is 5.63. The molecule has 0 aromatic heterocycles. The molecular weight excluding hydrogens is 148 g/mol. The Morgan fingerprint density at radius 3 is 3.10 bits per heavy atom. The van der Waals surface area contributed by atoms with E-state index >= 15 is 0 Å². The van der Waals surface area contributed by atoms with E-state index < -0.39 is 0 Å². The average Bonchev–Trinajstić information content (AvgIpc) is 2.03. The lowest BCUT2D eigenvalue weighted by molar-refractivity contribution is -0.149. The molecule has 0 radical (unpaired) electrons. The van der Waals surface area contributed by atoms with Crippen LogP contribution in [0.5, 0.6) is 0 Å². The highest BCUT2D eigenvalue weighted by Gasteiger charge is 2.12. The van der Waals surface area contributed by atoms with Crippen LogP contribution in [-0.2, 0) is 9.47 Å². The van der Waals surface area contributed by atoms with Gasteiger partial charge in [-0.05, 0) is 25.5 Å². The minimum atomic E-state index is 0.0844. The molecule has 0 aromatic rings. The van der Waals surface area contributed by atoms with E-state index in [1.54, 1.807) is 11.8 Å². The van der Waals surface area contributed by atoms with Gasteiger partial charge in [-0.3, -0.25) is 0 Å².